The van der Waals surface area contributed by atoms with Crippen LogP contribution in [0.2, 0.25) is 0 Å². The number of rotatable bonds is 5. The van der Waals surface area contributed by atoms with E-state index in [-0.39, 0.29) is 6.10 Å². The first-order chi connectivity index (χ1) is 14.0. The normalized spacial score (nSPS) is 49.2. The Morgan fingerprint density at radius 3 is 2.37 bits per heavy atom. The molecule has 0 aromatic rings. The van der Waals surface area contributed by atoms with Crippen molar-refractivity contribution in [3.05, 3.63) is 11.6 Å². The number of allylic oxidation sites excluding steroid dienone is 1. The van der Waals surface area contributed by atoms with Gasteiger partial charge in [0, 0.05) is 0 Å². The highest BCUT2D eigenvalue weighted by molar-refractivity contribution is 5.27. The highest BCUT2D eigenvalue weighted by Gasteiger charge is 2.68. The maximum absolute atomic E-state index is 10.3. The molecular weight excluding hydrogens is 364 g/mol. The van der Waals surface area contributed by atoms with Gasteiger partial charge in [-0.25, -0.2) is 0 Å². The lowest BCUT2D eigenvalue weighted by Gasteiger charge is -2.64. The van der Waals surface area contributed by atoms with Gasteiger partial charge in [-0.2, -0.15) is 0 Å². The van der Waals surface area contributed by atoms with Crippen LogP contribution in [0, 0.1) is 45.3 Å². The van der Waals surface area contributed by atoms with E-state index in [1.165, 1.54) is 57.8 Å². The van der Waals surface area contributed by atoms with Crippen LogP contribution in [0.5, 0.6) is 0 Å². The molecule has 0 spiro atoms. The molecule has 0 saturated heterocycles. The SMILES string of the molecule is CC(C)CCC[C@@H](C)[C@@]1(C)CC[C@@]2(C)[C@@H]3CC=C4C[C@@H](O)CC[C@]4(C)[C@H]3CC[C@@]21C. The van der Waals surface area contributed by atoms with Gasteiger partial charge in [-0.3, -0.25) is 0 Å². The molecule has 0 aromatic carbocycles. The third kappa shape index (κ3) is 3.11. The van der Waals surface area contributed by atoms with Crippen molar-refractivity contribution in [2.75, 3.05) is 0 Å². The minimum absolute atomic E-state index is 0.0909. The molecule has 4 aliphatic rings. The second kappa shape index (κ2) is 7.64. The highest BCUT2D eigenvalue weighted by atomic mass is 16.3. The van der Waals surface area contributed by atoms with Crippen LogP contribution >= 0.6 is 0 Å². The second-order valence-corrected chi connectivity index (χ2v) is 13.4. The molecule has 1 N–H and O–H groups in total. The first-order valence-corrected chi connectivity index (χ1v) is 13.4. The fraction of sp³-hybridized carbons (Fsp3) is 0.931. The third-order valence-corrected chi connectivity index (χ3v) is 12.1. The molecule has 0 bridgehead atoms. The van der Waals surface area contributed by atoms with E-state index in [1.807, 2.05) is 0 Å². The van der Waals surface area contributed by atoms with Crippen molar-refractivity contribution in [3.63, 3.8) is 0 Å². The van der Waals surface area contributed by atoms with Crippen molar-refractivity contribution < 1.29 is 5.11 Å². The Labute approximate surface area is 187 Å². The van der Waals surface area contributed by atoms with Gasteiger partial charge in [0.2, 0.25) is 0 Å². The van der Waals surface area contributed by atoms with Gasteiger partial charge in [-0.15, -0.1) is 0 Å². The number of hydrogen-bond donors (Lipinski definition) is 1. The number of hydrogen-bond acceptors (Lipinski definition) is 1. The summed E-state index contributed by atoms with van der Waals surface area (Å²) < 4.78 is 0. The smallest absolute Gasteiger partial charge is 0.0577 e. The number of aliphatic hydroxyl groups excluding tert-OH is 1. The van der Waals surface area contributed by atoms with E-state index in [0.29, 0.717) is 21.7 Å². The molecule has 1 heteroatoms. The lowest BCUT2D eigenvalue weighted by Crippen LogP contribution is -2.57. The standard InChI is InChI=1S/C29H50O/c1-20(2)9-8-10-21(3)27(5)17-18-28(6)25-12-11-22-19-23(30)13-15-26(22,4)24(25)14-16-29(27,28)7/h11,20-21,23-25,30H,8-10,12-19H2,1-7H3/t21-,23+,24+,25-,26+,27-,28+,29-/m1/s1. The van der Waals surface area contributed by atoms with Gasteiger partial charge in [0.05, 0.1) is 6.10 Å². The Bertz CT molecular complexity index is 678. The van der Waals surface area contributed by atoms with Gasteiger partial charge < -0.3 is 5.11 Å². The van der Waals surface area contributed by atoms with E-state index in [2.05, 4.69) is 54.5 Å². The summed E-state index contributed by atoms with van der Waals surface area (Å²) in [6.45, 7) is 18.0. The summed E-state index contributed by atoms with van der Waals surface area (Å²) in [6, 6.07) is 0. The second-order valence-electron chi connectivity index (χ2n) is 13.4. The van der Waals surface area contributed by atoms with Crippen LogP contribution in [-0.2, 0) is 0 Å². The largest absolute Gasteiger partial charge is 0.393 e. The predicted molar refractivity (Wildman–Crippen MR) is 128 cm³/mol. The molecule has 0 heterocycles. The van der Waals surface area contributed by atoms with Gasteiger partial charge in [-0.1, -0.05) is 79.4 Å². The fourth-order valence-electron chi connectivity index (χ4n) is 9.33. The molecule has 0 unspecified atom stereocenters. The van der Waals surface area contributed by atoms with Gasteiger partial charge >= 0.3 is 0 Å². The Morgan fingerprint density at radius 2 is 1.67 bits per heavy atom. The van der Waals surface area contributed by atoms with Crippen molar-refractivity contribution in [1.29, 1.82) is 0 Å². The fourth-order valence-corrected chi connectivity index (χ4v) is 9.33. The van der Waals surface area contributed by atoms with E-state index in [1.54, 1.807) is 5.57 Å². The summed E-state index contributed by atoms with van der Waals surface area (Å²) in [5, 5.41) is 10.3. The molecular formula is C29H50O. The van der Waals surface area contributed by atoms with Crippen molar-refractivity contribution in [3.8, 4) is 0 Å². The average Bonchev–Trinajstić information content (AvgIpc) is 2.90. The van der Waals surface area contributed by atoms with Crippen LogP contribution in [0.1, 0.15) is 119 Å². The molecule has 8 atom stereocenters. The Balaban J connectivity index is 1.60. The van der Waals surface area contributed by atoms with Gasteiger partial charge in [0.1, 0.15) is 0 Å². The first-order valence-electron chi connectivity index (χ1n) is 13.4. The Kier molecular flexibility index (Phi) is 5.82. The van der Waals surface area contributed by atoms with Crippen LogP contribution in [0.25, 0.3) is 0 Å². The maximum atomic E-state index is 10.3. The zero-order chi connectivity index (χ0) is 21.9. The van der Waals surface area contributed by atoms with Gasteiger partial charge in [-0.05, 0) is 96.7 Å². The van der Waals surface area contributed by atoms with Crippen molar-refractivity contribution in [2.45, 2.75) is 125 Å². The quantitative estimate of drug-likeness (QED) is 0.450. The van der Waals surface area contributed by atoms with E-state index < -0.39 is 0 Å². The van der Waals surface area contributed by atoms with E-state index in [4.69, 9.17) is 0 Å². The van der Waals surface area contributed by atoms with Crippen molar-refractivity contribution in [1.82, 2.24) is 0 Å². The molecule has 3 fully saturated rings. The minimum atomic E-state index is -0.0909. The summed E-state index contributed by atoms with van der Waals surface area (Å²) in [5.74, 6) is 3.34. The molecule has 4 rings (SSSR count). The maximum Gasteiger partial charge on any atom is 0.0577 e. The molecule has 30 heavy (non-hydrogen) atoms. The summed E-state index contributed by atoms with van der Waals surface area (Å²) in [7, 11) is 0. The Morgan fingerprint density at radius 1 is 0.933 bits per heavy atom. The molecule has 4 aliphatic carbocycles. The van der Waals surface area contributed by atoms with Crippen LogP contribution < -0.4 is 0 Å². The van der Waals surface area contributed by atoms with Crippen molar-refractivity contribution in [2.24, 2.45) is 45.3 Å². The molecule has 0 aromatic heterocycles. The lowest BCUT2D eigenvalue weighted by molar-refractivity contribution is -0.140. The molecule has 3 saturated carbocycles. The van der Waals surface area contributed by atoms with E-state index in [9.17, 15) is 5.11 Å². The average molecular weight is 415 g/mol. The topological polar surface area (TPSA) is 20.2 Å². The van der Waals surface area contributed by atoms with Crippen LogP contribution in [0.3, 0.4) is 0 Å². The summed E-state index contributed by atoms with van der Waals surface area (Å²) >= 11 is 0. The summed E-state index contributed by atoms with van der Waals surface area (Å²) in [4.78, 5) is 0. The zero-order valence-corrected chi connectivity index (χ0v) is 21.2. The molecule has 0 aliphatic heterocycles. The zero-order valence-electron chi connectivity index (χ0n) is 21.2. The van der Waals surface area contributed by atoms with Gasteiger partial charge in [0.15, 0.2) is 0 Å². The minimum Gasteiger partial charge on any atom is -0.393 e. The number of aliphatic hydroxyl groups is 1. The lowest BCUT2D eigenvalue weighted by atomic mass is 9.40. The highest BCUT2D eigenvalue weighted by Crippen LogP contribution is 2.76. The number of fused-ring (bicyclic) bond motifs is 5. The molecule has 0 amide bonds. The third-order valence-electron chi connectivity index (χ3n) is 12.1. The summed E-state index contributed by atoms with van der Waals surface area (Å²) in [6.07, 6.45) is 16.8. The van der Waals surface area contributed by atoms with E-state index >= 15 is 0 Å². The first kappa shape index (κ1) is 22.9. The van der Waals surface area contributed by atoms with Crippen molar-refractivity contribution >= 4 is 0 Å². The monoisotopic (exact) mass is 414 g/mol. The molecule has 0 radical (unpaired) electrons. The molecule has 172 valence electrons. The van der Waals surface area contributed by atoms with Crippen LogP contribution in [-0.4, -0.2) is 11.2 Å². The van der Waals surface area contributed by atoms with Gasteiger partial charge in [0.25, 0.3) is 0 Å². The van der Waals surface area contributed by atoms with Crippen LogP contribution in [0.15, 0.2) is 11.6 Å². The van der Waals surface area contributed by atoms with Crippen LogP contribution in [0.4, 0.5) is 0 Å². The molecule has 1 nitrogen and oxygen atoms in total. The van der Waals surface area contributed by atoms with E-state index in [0.717, 1.165) is 36.5 Å². The summed E-state index contributed by atoms with van der Waals surface area (Å²) in [5.41, 5.74) is 3.38. The Hall–Kier alpha value is -0.300. The predicted octanol–water partition coefficient (Wildman–Crippen LogP) is 8.17.